The van der Waals surface area contributed by atoms with Crippen LogP contribution in [0.15, 0.2) is 54.9 Å². The molecule has 7 heteroatoms. The summed E-state index contributed by atoms with van der Waals surface area (Å²) in [5.74, 6) is 2.08. The van der Waals surface area contributed by atoms with E-state index in [4.69, 9.17) is 4.98 Å². The van der Waals surface area contributed by atoms with Crippen LogP contribution in [0.1, 0.15) is 41.5 Å². The van der Waals surface area contributed by atoms with E-state index in [9.17, 15) is 4.79 Å². The molecule has 0 aliphatic carbocycles. The maximum Gasteiger partial charge on any atom is 0.146 e. The average molecular weight is 441 g/mol. The van der Waals surface area contributed by atoms with Crippen molar-refractivity contribution in [3.8, 4) is 11.3 Å². The summed E-state index contributed by atoms with van der Waals surface area (Å²) in [6, 6.07) is 14.1. The SMILES string of the molecule is CNc1ccc(-c2cc3c(c(Nc4ccc(C5CCNCC5)cc4)n2)C(C=O)NC=C3)cn1. The zero-order valence-electron chi connectivity index (χ0n) is 18.6. The Morgan fingerprint density at radius 2 is 1.91 bits per heavy atom. The van der Waals surface area contributed by atoms with Gasteiger partial charge in [0.05, 0.1) is 5.69 Å². The van der Waals surface area contributed by atoms with E-state index in [0.717, 1.165) is 53.3 Å². The molecule has 1 unspecified atom stereocenters. The highest BCUT2D eigenvalue weighted by atomic mass is 16.1. The molecule has 168 valence electrons. The number of carbonyl (C=O) groups excluding carboxylic acids is 1. The molecule has 0 spiro atoms. The number of carbonyl (C=O) groups is 1. The number of aldehydes is 1. The van der Waals surface area contributed by atoms with Crippen molar-refractivity contribution in [1.29, 1.82) is 0 Å². The number of piperidine rings is 1. The first kappa shape index (κ1) is 21.2. The van der Waals surface area contributed by atoms with Crippen molar-refractivity contribution in [3.05, 3.63) is 71.6 Å². The van der Waals surface area contributed by atoms with E-state index in [0.29, 0.717) is 11.7 Å². The lowest BCUT2D eigenvalue weighted by atomic mass is 9.90. The van der Waals surface area contributed by atoms with Gasteiger partial charge in [-0.1, -0.05) is 12.1 Å². The minimum absolute atomic E-state index is 0.451. The molecule has 7 nitrogen and oxygen atoms in total. The molecule has 1 atom stereocenters. The molecule has 2 aromatic heterocycles. The maximum absolute atomic E-state index is 11.8. The van der Waals surface area contributed by atoms with Gasteiger partial charge in [-0.25, -0.2) is 9.97 Å². The molecular weight excluding hydrogens is 412 g/mol. The van der Waals surface area contributed by atoms with E-state index in [1.807, 2.05) is 37.5 Å². The highest BCUT2D eigenvalue weighted by Gasteiger charge is 2.23. The summed E-state index contributed by atoms with van der Waals surface area (Å²) in [5.41, 5.74) is 5.84. The lowest BCUT2D eigenvalue weighted by molar-refractivity contribution is -0.109. The van der Waals surface area contributed by atoms with Crippen molar-refractivity contribution in [3.63, 3.8) is 0 Å². The zero-order chi connectivity index (χ0) is 22.6. The summed E-state index contributed by atoms with van der Waals surface area (Å²) in [5, 5.41) is 13.1. The Hall–Kier alpha value is -3.71. The van der Waals surface area contributed by atoms with Crippen molar-refractivity contribution >= 4 is 29.7 Å². The van der Waals surface area contributed by atoms with Crippen LogP contribution in [-0.2, 0) is 4.79 Å². The Labute approximate surface area is 193 Å². The fraction of sp³-hybridized carbons (Fsp3) is 0.269. The third kappa shape index (κ3) is 4.45. The number of nitrogens with one attached hydrogen (secondary N) is 4. The molecule has 2 aliphatic heterocycles. The minimum atomic E-state index is -0.451. The first-order chi connectivity index (χ1) is 16.2. The van der Waals surface area contributed by atoms with E-state index in [1.165, 1.54) is 18.4 Å². The summed E-state index contributed by atoms with van der Waals surface area (Å²) in [4.78, 5) is 21.1. The number of hydrogen-bond acceptors (Lipinski definition) is 7. The van der Waals surface area contributed by atoms with Crippen LogP contribution >= 0.6 is 0 Å². The van der Waals surface area contributed by atoms with Gasteiger partial charge < -0.3 is 26.1 Å². The van der Waals surface area contributed by atoms with E-state index in [-0.39, 0.29) is 0 Å². The predicted octanol–water partition coefficient (Wildman–Crippen LogP) is 4.21. The summed E-state index contributed by atoms with van der Waals surface area (Å²) >= 11 is 0. The largest absolute Gasteiger partial charge is 0.378 e. The molecule has 0 bridgehead atoms. The van der Waals surface area contributed by atoms with Crippen LogP contribution in [0, 0.1) is 0 Å². The van der Waals surface area contributed by atoms with Crippen molar-refractivity contribution in [2.24, 2.45) is 0 Å². The summed E-state index contributed by atoms with van der Waals surface area (Å²) < 4.78 is 0. The van der Waals surface area contributed by atoms with Gasteiger partial charge >= 0.3 is 0 Å². The lowest BCUT2D eigenvalue weighted by Gasteiger charge is -2.24. The molecular formula is C26H28N6O. The summed E-state index contributed by atoms with van der Waals surface area (Å²) in [7, 11) is 1.84. The molecule has 4 heterocycles. The minimum Gasteiger partial charge on any atom is -0.378 e. The first-order valence-electron chi connectivity index (χ1n) is 11.4. The second-order valence-corrected chi connectivity index (χ2v) is 8.43. The highest BCUT2D eigenvalue weighted by Crippen LogP contribution is 2.34. The second kappa shape index (κ2) is 9.42. The predicted molar refractivity (Wildman–Crippen MR) is 133 cm³/mol. The molecule has 3 aromatic rings. The van der Waals surface area contributed by atoms with Gasteiger partial charge in [0, 0.05) is 30.1 Å². The number of hydrogen-bond donors (Lipinski definition) is 4. The molecule has 0 saturated carbocycles. The number of pyridine rings is 2. The van der Waals surface area contributed by atoms with Gasteiger partial charge in [-0.2, -0.15) is 0 Å². The molecule has 4 N–H and O–H groups in total. The molecule has 2 aliphatic rings. The topological polar surface area (TPSA) is 91.0 Å². The molecule has 5 rings (SSSR count). The van der Waals surface area contributed by atoms with Crippen LogP contribution in [-0.4, -0.2) is 36.4 Å². The van der Waals surface area contributed by atoms with Gasteiger partial charge in [0.15, 0.2) is 0 Å². The van der Waals surface area contributed by atoms with E-state index in [2.05, 4.69) is 50.5 Å². The van der Waals surface area contributed by atoms with Gasteiger partial charge in [0.1, 0.15) is 24.0 Å². The Bertz CT molecular complexity index is 1150. The first-order valence-corrected chi connectivity index (χ1v) is 11.4. The van der Waals surface area contributed by atoms with Crippen LogP contribution in [0.5, 0.6) is 0 Å². The number of aromatic nitrogens is 2. The lowest BCUT2D eigenvalue weighted by Crippen LogP contribution is -2.26. The van der Waals surface area contributed by atoms with Gasteiger partial charge in [-0.15, -0.1) is 0 Å². The summed E-state index contributed by atoms with van der Waals surface area (Å²) in [6.07, 6.45) is 8.84. The maximum atomic E-state index is 11.8. The van der Waals surface area contributed by atoms with Gasteiger partial charge in [0.2, 0.25) is 0 Å². The van der Waals surface area contributed by atoms with Crippen molar-refractivity contribution < 1.29 is 4.79 Å². The van der Waals surface area contributed by atoms with E-state index >= 15 is 0 Å². The van der Waals surface area contributed by atoms with Gasteiger partial charge in [-0.3, -0.25) is 0 Å². The normalized spacial score (nSPS) is 17.7. The van der Waals surface area contributed by atoms with Crippen LogP contribution in [0.4, 0.5) is 17.3 Å². The molecule has 33 heavy (non-hydrogen) atoms. The van der Waals surface area contributed by atoms with Crippen LogP contribution < -0.4 is 21.3 Å². The quantitative estimate of drug-likeness (QED) is 0.427. The second-order valence-electron chi connectivity index (χ2n) is 8.43. The van der Waals surface area contributed by atoms with Crippen LogP contribution in [0.3, 0.4) is 0 Å². The zero-order valence-corrected chi connectivity index (χ0v) is 18.6. The molecule has 1 aromatic carbocycles. The fourth-order valence-corrected chi connectivity index (χ4v) is 4.54. The standard InChI is InChI=1S/C26H28N6O/c1-27-24-7-4-20(15-30-24)22-14-19-10-13-29-23(16-33)25(19)26(32-22)31-21-5-2-17(3-6-21)18-8-11-28-12-9-18/h2-7,10,13-16,18,23,28-29H,8-9,11-12H2,1H3,(H,27,30)(H,31,32). The van der Waals surface area contributed by atoms with Crippen molar-refractivity contribution in [2.45, 2.75) is 24.8 Å². The molecule has 1 fully saturated rings. The molecule has 0 radical (unpaired) electrons. The Morgan fingerprint density at radius 1 is 1.09 bits per heavy atom. The number of rotatable bonds is 6. The monoisotopic (exact) mass is 440 g/mol. The van der Waals surface area contributed by atoms with Crippen molar-refractivity contribution in [2.75, 3.05) is 30.8 Å². The Kier molecular flexibility index (Phi) is 6.04. The number of fused-ring (bicyclic) bond motifs is 1. The molecule has 1 saturated heterocycles. The smallest absolute Gasteiger partial charge is 0.146 e. The van der Waals surface area contributed by atoms with E-state index in [1.54, 1.807) is 6.20 Å². The van der Waals surface area contributed by atoms with Crippen LogP contribution in [0.25, 0.3) is 17.3 Å². The summed E-state index contributed by atoms with van der Waals surface area (Å²) in [6.45, 7) is 2.15. The Balaban J connectivity index is 1.49. The van der Waals surface area contributed by atoms with Crippen LogP contribution in [0.2, 0.25) is 0 Å². The number of benzene rings is 1. The Morgan fingerprint density at radius 3 is 2.61 bits per heavy atom. The fourth-order valence-electron chi connectivity index (χ4n) is 4.54. The third-order valence-corrected chi connectivity index (χ3v) is 6.38. The van der Waals surface area contributed by atoms with Gasteiger partial charge in [0.25, 0.3) is 0 Å². The third-order valence-electron chi connectivity index (χ3n) is 6.38. The average Bonchev–Trinajstić information content (AvgIpc) is 2.89. The number of nitrogens with zero attached hydrogens (tertiary/aromatic N) is 2. The number of anilines is 3. The van der Waals surface area contributed by atoms with Crippen molar-refractivity contribution in [1.82, 2.24) is 20.6 Å². The molecule has 0 amide bonds. The highest BCUT2D eigenvalue weighted by molar-refractivity contribution is 5.80. The van der Waals surface area contributed by atoms with Gasteiger partial charge in [-0.05, 0) is 85.6 Å². The van der Waals surface area contributed by atoms with E-state index < -0.39 is 6.04 Å².